The summed E-state index contributed by atoms with van der Waals surface area (Å²) in [5, 5.41) is 4.11. The van der Waals surface area contributed by atoms with Gasteiger partial charge in [-0.05, 0) is 29.8 Å². The number of carbonyl (C=O) groups is 1. The Morgan fingerprint density at radius 3 is 2.79 bits per heavy atom. The van der Waals surface area contributed by atoms with Gasteiger partial charge in [-0.3, -0.25) is 4.79 Å². The normalized spacial score (nSPS) is 15.9. The Morgan fingerprint density at radius 1 is 1.29 bits per heavy atom. The van der Waals surface area contributed by atoms with Gasteiger partial charge in [0.25, 0.3) is 0 Å². The highest BCUT2D eigenvalue weighted by Gasteiger charge is 2.28. The Morgan fingerprint density at radius 2 is 2.07 bits per heavy atom. The number of carbonyl (C=O) groups excluding carboxylic acids is 1. The highest BCUT2D eigenvalue weighted by molar-refractivity contribution is 6.01. The average Bonchev–Trinajstić information content (AvgIpc) is 3.15. The van der Waals surface area contributed by atoms with Gasteiger partial charge in [0.05, 0.1) is 19.4 Å². The molecule has 0 unspecified atom stereocenters. The maximum Gasteiger partial charge on any atom is 0.225 e. The van der Waals surface area contributed by atoms with Crippen LogP contribution in [0.25, 0.3) is 0 Å². The van der Waals surface area contributed by atoms with E-state index in [1.54, 1.807) is 24.1 Å². The van der Waals surface area contributed by atoms with Gasteiger partial charge < -0.3 is 14.5 Å². The number of hydrogen-bond donors (Lipinski definition) is 0. The third-order valence-corrected chi connectivity index (χ3v) is 4.63. The first-order chi connectivity index (χ1) is 13.5. The molecular weight excluding hydrogens is 359 g/mol. The van der Waals surface area contributed by atoms with E-state index in [1.165, 1.54) is 12.1 Å². The van der Waals surface area contributed by atoms with Crippen LogP contribution >= 0.6 is 0 Å². The molecule has 2 aromatic rings. The van der Waals surface area contributed by atoms with Crippen molar-refractivity contribution in [1.29, 1.82) is 0 Å². The number of nitrogens with zero attached hydrogens (tertiary/aromatic N) is 2. The zero-order chi connectivity index (χ0) is 20.1. The van der Waals surface area contributed by atoms with Crippen LogP contribution < -0.4 is 4.74 Å². The van der Waals surface area contributed by atoms with E-state index < -0.39 is 0 Å². The van der Waals surface area contributed by atoms with E-state index in [1.807, 2.05) is 38.1 Å². The molecule has 5 nitrogen and oxygen atoms in total. The average molecular weight is 384 g/mol. The molecule has 0 fully saturated rings. The Labute approximate surface area is 164 Å². The number of oxime groups is 1. The Kier molecular flexibility index (Phi) is 6.29. The molecule has 2 aromatic carbocycles. The van der Waals surface area contributed by atoms with Crippen LogP contribution in [0.3, 0.4) is 0 Å². The van der Waals surface area contributed by atoms with Gasteiger partial charge in [-0.25, -0.2) is 4.39 Å². The van der Waals surface area contributed by atoms with Crippen molar-refractivity contribution in [2.24, 2.45) is 11.1 Å². The Balaban J connectivity index is 1.69. The molecule has 28 heavy (non-hydrogen) atoms. The lowest BCUT2D eigenvalue weighted by molar-refractivity contribution is -0.136. The van der Waals surface area contributed by atoms with Gasteiger partial charge >= 0.3 is 0 Å². The summed E-state index contributed by atoms with van der Waals surface area (Å²) in [6.07, 6.45) is 0.273. The predicted molar refractivity (Wildman–Crippen MR) is 106 cm³/mol. The van der Waals surface area contributed by atoms with Crippen LogP contribution in [0.1, 0.15) is 31.4 Å². The number of ether oxygens (including phenoxy) is 1. The van der Waals surface area contributed by atoms with E-state index in [2.05, 4.69) is 5.16 Å². The van der Waals surface area contributed by atoms with Gasteiger partial charge in [0.1, 0.15) is 11.6 Å². The smallest absolute Gasteiger partial charge is 0.225 e. The van der Waals surface area contributed by atoms with Crippen LogP contribution in [-0.2, 0) is 16.2 Å². The third-order valence-electron chi connectivity index (χ3n) is 4.63. The molecule has 0 bridgehead atoms. The van der Waals surface area contributed by atoms with Crippen LogP contribution in [0.15, 0.2) is 53.7 Å². The summed E-state index contributed by atoms with van der Waals surface area (Å²) in [5.41, 5.74) is 2.39. The summed E-state index contributed by atoms with van der Waals surface area (Å²) in [4.78, 5) is 20.1. The predicted octanol–water partition coefficient (Wildman–Crippen LogP) is 4.01. The number of halogens is 1. The lowest BCUT2D eigenvalue weighted by Crippen LogP contribution is -2.39. The molecule has 3 rings (SSSR count). The maximum atomic E-state index is 13.5. The summed E-state index contributed by atoms with van der Waals surface area (Å²) in [6.45, 7) is 4.64. The quantitative estimate of drug-likeness (QED) is 0.725. The number of rotatable bonds is 7. The number of hydrogen-bond acceptors (Lipinski definition) is 4. The number of methoxy groups -OCH3 is 1. The lowest BCUT2D eigenvalue weighted by atomic mass is 10.0. The molecule has 1 aliphatic heterocycles. The number of amides is 1. The third kappa shape index (κ3) is 4.88. The molecule has 0 saturated heterocycles. The summed E-state index contributed by atoms with van der Waals surface area (Å²) < 4.78 is 18.7. The van der Waals surface area contributed by atoms with E-state index in [4.69, 9.17) is 9.57 Å². The van der Waals surface area contributed by atoms with E-state index in [0.717, 1.165) is 11.3 Å². The lowest BCUT2D eigenvalue weighted by Gasteiger charge is -2.26. The standard InChI is InChI=1S/C22H25FN2O3/c1-15(2)22(26)25(13-16-6-4-9-19(10-16)27-3)14-20-12-21(24-28-20)17-7-5-8-18(23)11-17/h4-11,15,20H,12-14H2,1-3H3/t20-/m1/s1. The molecule has 1 heterocycles. The van der Waals surface area contributed by atoms with Crippen LogP contribution in [0, 0.1) is 11.7 Å². The molecular formula is C22H25FN2O3. The first-order valence-electron chi connectivity index (χ1n) is 9.36. The van der Waals surface area contributed by atoms with Crippen LogP contribution in [-0.4, -0.2) is 36.3 Å². The topological polar surface area (TPSA) is 51.1 Å². The van der Waals surface area contributed by atoms with Crippen molar-refractivity contribution in [3.05, 3.63) is 65.5 Å². The minimum Gasteiger partial charge on any atom is -0.497 e. The van der Waals surface area contributed by atoms with Crippen LogP contribution in [0.4, 0.5) is 4.39 Å². The Bertz CT molecular complexity index is 866. The van der Waals surface area contributed by atoms with Crippen LogP contribution in [0.2, 0.25) is 0 Å². The van der Waals surface area contributed by atoms with E-state index in [-0.39, 0.29) is 23.7 Å². The van der Waals surface area contributed by atoms with Gasteiger partial charge in [0.15, 0.2) is 6.10 Å². The first kappa shape index (κ1) is 19.9. The molecule has 0 aliphatic carbocycles. The van der Waals surface area contributed by atoms with Crippen LogP contribution in [0.5, 0.6) is 5.75 Å². The minimum absolute atomic E-state index is 0.0469. The molecule has 6 heteroatoms. The van der Waals surface area contributed by atoms with Crippen molar-refractivity contribution >= 4 is 11.6 Å². The molecule has 148 valence electrons. The van der Waals surface area contributed by atoms with Gasteiger partial charge in [0, 0.05) is 24.4 Å². The summed E-state index contributed by atoms with van der Waals surface area (Å²) >= 11 is 0. The van der Waals surface area contributed by atoms with Gasteiger partial charge in [-0.1, -0.05) is 43.3 Å². The fourth-order valence-corrected chi connectivity index (χ4v) is 3.20. The second-order valence-electron chi connectivity index (χ2n) is 7.20. The van der Waals surface area contributed by atoms with Gasteiger partial charge in [0.2, 0.25) is 5.91 Å². The zero-order valence-corrected chi connectivity index (χ0v) is 16.4. The molecule has 1 aliphatic rings. The molecule has 0 aromatic heterocycles. The monoisotopic (exact) mass is 384 g/mol. The van der Waals surface area contributed by atoms with E-state index >= 15 is 0 Å². The fourth-order valence-electron chi connectivity index (χ4n) is 3.20. The van der Waals surface area contributed by atoms with Crippen molar-refractivity contribution in [2.45, 2.75) is 32.9 Å². The fraction of sp³-hybridized carbons (Fsp3) is 0.364. The summed E-state index contributed by atoms with van der Waals surface area (Å²) in [7, 11) is 1.62. The minimum atomic E-state index is -0.307. The molecule has 0 saturated carbocycles. The molecule has 1 atom stereocenters. The highest BCUT2D eigenvalue weighted by Crippen LogP contribution is 2.21. The van der Waals surface area contributed by atoms with Gasteiger partial charge in [-0.15, -0.1) is 0 Å². The summed E-state index contributed by atoms with van der Waals surface area (Å²) in [6, 6.07) is 14.0. The second kappa shape index (κ2) is 8.87. The van der Waals surface area contributed by atoms with E-state index in [9.17, 15) is 9.18 Å². The molecule has 0 spiro atoms. The molecule has 0 N–H and O–H groups in total. The van der Waals surface area contributed by atoms with Crippen molar-refractivity contribution in [3.63, 3.8) is 0 Å². The van der Waals surface area contributed by atoms with E-state index in [0.29, 0.717) is 30.8 Å². The second-order valence-corrected chi connectivity index (χ2v) is 7.20. The highest BCUT2D eigenvalue weighted by atomic mass is 19.1. The molecule has 0 radical (unpaired) electrons. The van der Waals surface area contributed by atoms with Crippen molar-refractivity contribution < 1.29 is 18.8 Å². The number of benzene rings is 2. The van der Waals surface area contributed by atoms with Crippen molar-refractivity contribution in [1.82, 2.24) is 4.90 Å². The largest absolute Gasteiger partial charge is 0.497 e. The SMILES string of the molecule is COc1cccc(CN(C[C@H]2CC(c3cccc(F)c3)=NO2)C(=O)C(C)C)c1. The Hall–Kier alpha value is -2.89. The van der Waals surface area contributed by atoms with Crippen molar-refractivity contribution in [2.75, 3.05) is 13.7 Å². The maximum absolute atomic E-state index is 13.5. The van der Waals surface area contributed by atoms with Gasteiger partial charge in [-0.2, -0.15) is 0 Å². The first-order valence-corrected chi connectivity index (χ1v) is 9.36. The van der Waals surface area contributed by atoms with Crippen molar-refractivity contribution in [3.8, 4) is 5.75 Å². The summed E-state index contributed by atoms with van der Waals surface area (Å²) in [5.74, 6) is 0.364. The zero-order valence-electron chi connectivity index (χ0n) is 16.4. The molecule has 1 amide bonds.